The van der Waals surface area contributed by atoms with Crippen molar-refractivity contribution in [2.45, 2.75) is 29.4 Å². The minimum absolute atomic E-state index is 0. The molecule has 0 aliphatic heterocycles. The summed E-state index contributed by atoms with van der Waals surface area (Å²) in [6, 6.07) is 10.6. The average Bonchev–Trinajstić information content (AvgIpc) is 3.43. The number of fused-ring (bicyclic) bond motifs is 1. The van der Waals surface area contributed by atoms with Crippen molar-refractivity contribution >= 4 is 58.5 Å². The minimum Gasteiger partial charge on any atom is -0.368 e. The molecule has 0 spiro atoms. The molecule has 0 atom stereocenters. The second kappa shape index (κ2) is 11.0. The van der Waals surface area contributed by atoms with Gasteiger partial charge < -0.3 is 16.0 Å². The lowest BCUT2D eigenvalue weighted by atomic mass is 10.4. The summed E-state index contributed by atoms with van der Waals surface area (Å²) in [5, 5.41) is 15.3. The predicted molar refractivity (Wildman–Crippen MR) is 138 cm³/mol. The molecule has 166 valence electrons. The van der Waals surface area contributed by atoms with Crippen LogP contribution in [0.3, 0.4) is 0 Å². The zero-order valence-electron chi connectivity index (χ0n) is 17.8. The van der Waals surface area contributed by atoms with Crippen LogP contribution >= 0.6 is 35.7 Å². The van der Waals surface area contributed by atoms with Crippen molar-refractivity contribution in [3.8, 4) is 0 Å². The van der Waals surface area contributed by atoms with E-state index < -0.39 is 0 Å². The number of aromatic nitrogens is 4. The fourth-order valence-corrected chi connectivity index (χ4v) is 4.43. The molecule has 1 aromatic carbocycles. The molecule has 2 aromatic heterocycles. The van der Waals surface area contributed by atoms with Crippen molar-refractivity contribution in [1.29, 1.82) is 0 Å². The molecule has 31 heavy (non-hydrogen) atoms. The first-order valence-corrected chi connectivity index (χ1v) is 11.1. The molecule has 3 aromatic rings. The normalized spacial score (nSPS) is 14.7. The Hall–Kier alpha value is -2.08. The van der Waals surface area contributed by atoms with Gasteiger partial charge in [0, 0.05) is 36.3 Å². The van der Waals surface area contributed by atoms with Gasteiger partial charge in [-0.05, 0) is 31.9 Å². The van der Waals surface area contributed by atoms with Crippen LogP contribution in [0, 0.1) is 0 Å². The fourth-order valence-electron chi connectivity index (χ4n) is 3.20. The number of aliphatic imine (C=N–C) groups is 1. The second-order valence-corrected chi connectivity index (χ2v) is 8.92. The van der Waals surface area contributed by atoms with Gasteiger partial charge in [-0.2, -0.15) is 5.10 Å². The van der Waals surface area contributed by atoms with Crippen molar-refractivity contribution in [3.63, 3.8) is 0 Å². The molecular formula is C21H29IN8S. The topological polar surface area (TPSA) is 92.1 Å². The van der Waals surface area contributed by atoms with Gasteiger partial charge >= 0.3 is 0 Å². The van der Waals surface area contributed by atoms with Gasteiger partial charge in [0.15, 0.2) is 11.6 Å². The number of rotatable bonds is 9. The summed E-state index contributed by atoms with van der Waals surface area (Å²) in [4.78, 5) is 14.8. The number of hydrogen-bond donors (Lipinski definition) is 3. The summed E-state index contributed by atoms with van der Waals surface area (Å²) in [6.45, 7) is 5.19. The van der Waals surface area contributed by atoms with Gasteiger partial charge in [-0.3, -0.25) is 9.67 Å². The number of anilines is 1. The Morgan fingerprint density at radius 2 is 1.97 bits per heavy atom. The van der Waals surface area contributed by atoms with Crippen LogP contribution in [0.2, 0.25) is 0 Å². The van der Waals surface area contributed by atoms with E-state index in [-0.39, 0.29) is 28.7 Å². The molecule has 10 heteroatoms. The van der Waals surface area contributed by atoms with Crippen LogP contribution in [0.25, 0.3) is 11.0 Å². The van der Waals surface area contributed by atoms with E-state index >= 15 is 0 Å². The summed E-state index contributed by atoms with van der Waals surface area (Å²) < 4.78 is 1.99. The number of benzene rings is 1. The summed E-state index contributed by atoms with van der Waals surface area (Å²) >= 11 is 1.95. The number of thioether (sulfide) groups is 1. The standard InChI is InChI=1S/C21H28N8S.HI/c1-3-22-20(25-14-21(9-10-21)30-16-7-5-4-6-8-16)24-12-11-23-18-17-13-28-29(2)19(17)27-15-26-18;/h4-8,13,15H,3,9-12,14H2,1-2H3,(H2,22,24,25)(H,23,26,27);1H. The Labute approximate surface area is 204 Å². The van der Waals surface area contributed by atoms with E-state index in [0.29, 0.717) is 0 Å². The van der Waals surface area contributed by atoms with Crippen LogP contribution in [0.15, 0.2) is 52.7 Å². The Morgan fingerprint density at radius 3 is 2.71 bits per heavy atom. The Bertz CT molecular complexity index is 1000. The zero-order chi connectivity index (χ0) is 20.8. The molecule has 2 heterocycles. The van der Waals surface area contributed by atoms with E-state index in [9.17, 15) is 0 Å². The molecule has 0 unspecified atom stereocenters. The lowest BCUT2D eigenvalue weighted by Gasteiger charge is -2.15. The van der Waals surface area contributed by atoms with Crippen LogP contribution in [-0.4, -0.2) is 56.6 Å². The number of guanidine groups is 1. The second-order valence-electron chi connectivity index (χ2n) is 7.37. The highest BCUT2D eigenvalue weighted by molar-refractivity contribution is 14.0. The molecule has 1 saturated carbocycles. The molecule has 0 amide bonds. The average molecular weight is 552 g/mol. The largest absolute Gasteiger partial charge is 0.368 e. The van der Waals surface area contributed by atoms with Crippen LogP contribution < -0.4 is 16.0 Å². The highest BCUT2D eigenvalue weighted by Gasteiger charge is 2.43. The van der Waals surface area contributed by atoms with E-state index in [4.69, 9.17) is 4.99 Å². The third-order valence-electron chi connectivity index (χ3n) is 4.99. The van der Waals surface area contributed by atoms with E-state index in [1.165, 1.54) is 17.7 Å². The maximum atomic E-state index is 4.85. The SMILES string of the molecule is CCNC(=NCC1(Sc2ccccc2)CC1)NCCNc1ncnc2c1cnn2C.I. The Kier molecular flexibility index (Phi) is 8.35. The first-order chi connectivity index (χ1) is 14.7. The summed E-state index contributed by atoms with van der Waals surface area (Å²) in [6.07, 6.45) is 5.78. The van der Waals surface area contributed by atoms with Gasteiger partial charge in [-0.25, -0.2) is 9.97 Å². The third kappa shape index (κ3) is 6.22. The Balaban J connectivity index is 0.00000272. The van der Waals surface area contributed by atoms with Crippen molar-refractivity contribution in [2.24, 2.45) is 12.0 Å². The van der Waals surface area contributed by atoms with Gasteiger partial charge in [0.05, 0.1) is 18.1 Å². The van der Waals surface area contributed by atoms with Gasteiger partial charge in [0.2, 0.25) is 0 Å². The highest BCUT2D eigenvalue weighted by atomic mass is 127. The lowest BCUT2D eigenvalue weighted by molar-refractivity contribution is 0.785. The molecule has 8 nitrogen and oxygen atoms in total. The number of hydrogen-bond acceptors (Lipinski definition) is 6. The molecule has 3 N–H and O–H groups in total. The van der Waals surface area contributed by atoms with Crippen molar-refractivity contribution in [2.75, 3.05) is 31.5 Å². The number of nitrogens with zero attached hydrogens (tertiary/aromatic N) is 5. The van der Waals surface area contributed by atoms with E-state index in [1.54, 1.807) is 17.2 Å². The number of nitrogens with one attached hydrogen (secondary N) is 3. The van der Waals surface area contributed by atoms with Crippen molar-refractivity contribution < 1.29 is 0 Å². The molecule has 0 radical (unpaired) electrons. The Morgan fingerprint density at radius 1 is 1.16 bits per heavy atom. The fraction of sp³-hybridized carbons (Fsp3) is 0.429. The lowest BCUT2D eigenvalue weighted by Crippen LogP contribution is -2.40. The monoisotopic (exact) mass is 552 g/mol. The van der Waals surface area contributed by atoms with E-state index in [0.717, 1.165) is 49.0 Å². The molecule has 0 bridgehead atoms. The van der Waals surface area contributed by atoms with Crippen molar-refractivity contribution in [1.82, 2.24) is 30.4 Å². The van der Waals surface area contributed by atoms with Crippen molar-refractivity contribution in [3.05, 3.63) is 42.9 Å². The maximum absolute atomic E-state index is 4.85. The first kappa shape index (κ1) is 23.6. The number of halogens is 1. The smallest absolute Gasteiger partial charge is 0.191 e. The zero-order valence-corrected chi connectivity index (χ0v) is 21.0. The third-order valence-corrected chi connectivity index (χ3v) is 6.47. The van der Waals surface area contributed by atoms with Gasteiger partial charge in [-0.15, -0.1) is 35.7 Å². The minimum atomic E-state index is 0. The molecule has 1 aliphatic rings. The summed E-state index contributed by atoms with van der Waals surface area (Å²) in [7, 11) is 1.88. The van der Waals surface area contributed by atoms with Crippen LogP contribution in [-0.2, 0) is 7.05 Å². The first-order valence-electron chi connectivity index (χ1n) is 10.3. The molecule has 0 saturated heterocycles. The van der Waals surface area contributed by atoms with E-state index in [1.807, 2.05) is 18.8 Å². The molecular weight excluding hydrogens is 523 g/mol. The highest BCUT2D eigenvalue weighted by Crippen LogP contribution is 2.51. The van der Waals surface area contributed by atoms with Gasteiger partial charge in [0.1, 0.15) is 12.1 Å². The number of aryl methyl sites for hydroxylation is 1. The quantitative estimate of drug-likeness (QED) is 0.163. The molecule has 4 rings (SSSR count). The molecule has 1 aliphatic carbocycles. The summed E-state index contributed by atoms with van der Waals surface area (Å²) in [5.41, 5.74) is 0.820. The van der Waals surface area contributed by atoms with Crippen LogP contribution in [0.4, 0.5) is 5.82 Å². The van der Waals surface area contributed by atoms with Crippen LogP contribution in [0.1, 0.15) is 19.8 Å². The van der Waals surface area contributed by atoms with Gasteiger partial charge in [0.25, 0.3) is 0 Å². The maximum Gasteiger partial charge on any atom is 0.191 e. The van der Waals surface area contributed by atoms with E-state index in [2.05, 4.69) is 68.3 Å². The summed E-state index contributed by atoms with van der Waals surface area (Å²) in [5.74, 6) is 1.65. The predicted octanol–water partition coefficient (Wildman–Crippen LogP) is 3.27. The van der Waals surface area contributed by atoms with Gasteiger partial charge in [-0.1, -0.05) is 18.2 Å². The molecule has 1 fully saturated rings. The van der Waals surface area contributed by atoms with Crippen LogP contribution in [0.5, 0.6) is 0 Å².